The molecule has 6 aromatic rings. The Hall–Kier alpha value is -6.09. The van der Waals surface area contributed by atoms with Crippen LogP contribution in [0.3, 0.4) is 0 Å². The zero-order valence-electron chi connectivity index (χ0n) is 28.4. The Kier molecular flexibility index (Phi) is 7.26. The van der Waals surface area contributed by atoms with Crippen molar-refractivity contribution in [3.63, 3.8) is 0 Å². The molecule has 0 N–H and O–H groups in total. The van der Waals surface area contributed by atoms with Crippen LogP contribution in [0.2, 0.25) is 0 Å². The van der Waals surface area contributed by atoms with E-state index in [-0.39, 0.29) is 0 Å². The number of benzene rings is 5. The number of hydrogen-bond donors (Lipinski definition) is 0. The summed E-state index contributed by atoms with van der Waals surface area (Å²) < 4.78 is 0. The quantitative estimate of drug-likeness (QED) is 0.185. The number of nitrogens with zero attached hydrogens (tertiary/aromatic N) is 4. The summed E-state index contributed by atoms with van der Waals surface area (Å²) in [6.07, 6.45) is 12.6. The fourth-order valence-corrected chi connectivity index (χ4v) is 10.00. The number of aromatic nitrogens is 3. The van der Waals surface area contributed by atoms with E-state index in [2.05, 4.69) is 115 Å². The molecule has 1 spiro atoms. The zero-order valence-corrected chi connectivity index (χ0v) is 29.2. The summed E-state index contributed by atoms with van der Waals surface area (Å²) in [6, 6.07) is 45.4. The molecule has 1 aliphatic heterocycles. The predicted molar refractivity (Wildman–Crippen MR) is 210 cm³/mol. The highest BCUT2D eigenvalue weighted by molar-refractivity contribution is 8.03. The van der Waals surface area contributed by atoms with E-state index in [4.69, 9.17) is 15.0 Å². The van der Waals surface area contributed by atoms with Gasteiger partial charge in [-0.25, -0.2) is 15.0 Å². The van der Waals surface area contributed by atoms with Crippen LogP contribution in [0.25, 0.3) is 45.0 Å². The first-order valence-corrected chi connectivity index (χ1v) is 18.7. The van der Waals surface area contributed by atoms with E-state index in [9.17, 15) is 5.26 Å². The van der Waals surface area contributed by atoms with Crippen LogP contribution in [0.15, 0.2) is 161 Å². The van der Waals surface area contributed by atoms with Crippen LogP contribution in [0.4, 0.5) is 0 Å². The zero-order chi connectivity index (χ0) is 34.6. The first kappa shape index (κ1) is 30.7. The van der Waals surface area contributed by atoms with Gasteiger partial charge in [0.25, 0.3) is 0 Å². The van der Waals surface area contributed by atoms with Crippen molar-refractivity contribution in [2.75, 3.05) is 0 Å². The Bertz CT molecular complexity index is 2560. The van der Waals surface area contributed by atoms with Gasteiger partial charge in [-0.1, -0.05) is 151 Å². The normalized spacial score (nSPS) is 16.3. The third-order valence-electron chi connectivity index (χ3n) is 10.8. The molecule has 0 fully saturated rings. The van der Waals surface area contributed by atoms with Gasteiger partial charge in [-0.15, -0.1) is 0 Å². The molecule has 4 aliphatic rings. The molecule has 246 valence electrons. The number of hydrogen-bond acceptors (Lipinski definition) is 5. The Morgan fingerprint density at radius 3 is 1.92 bits per heavy atom. The maximum Gasteiger partial charge on any atom is 0.164 e. The molecule has 0 bridgehead atoms. The van der Waals surface area contributed by atoms with Crippen LogP contribution in [-0.2, 0) is 5.41 Å². The van der Waals surface area contributed by atoms with Crippen molar-refractivity contribution < 1.29 is 0 Å². The smallest absolute Gasteiger partial charge is 0.164 e. The van der Waals surface area contributed by atoms with Crippen molar-refractivity contribution >= 4 is 22.9 Å². The van der Waals surface area contributed by atoms with Crippen LogP contribution in [0.1, 0.15) is 59.3 Å². The maximum atomic E-state index is 10.4. The van der Waals surface area contributed by atoms with E-state index < -0.39 is 5.41 Å². The highest BCUT2D eigenvalue weighted by Gasteiger charge is 2.52. The molecule has 52 heavy (non-hydrogen) atoms. The number of allylic oxidation sites excluding steroid dienone is 7. The first-order valence-electron chi connectivity index (χ1n) is 17.9. The van der Waals surface area contributed by atoms with Crippen LogP contribution in [-0.4, -0.2) is 15.0 Å². The molecule has 3 aliphatic carbocycles. The summed E-state index contributed by atoms with van der Waals surface area (Å²) in [4.78, 5) is 17.2. The Balaban J connectivity index is 1.12. The minimum absolute atomic E-state index is 0.465. The van der Waals surface area contributed by atoms with Gasteiger partial charge in [0.2, 0.25) is 0 Å². The molecule has 0 unspecified atom stereocenters. The number of fused-ring (bicyclic) bond motifs is 8. The highest BCUT2D eigenvalue weighted by atomic mass is 32.2. The Labute approximate surface area is 307 Å². The van der Waals surface area contributed by atoms with Crippen molar-refractivity contribution in [2.24, 2.45) is 0 Å². The van der Waals surface area contributed by atoms with Gasteiger partial charge < -0.3 is 0 Å². The van der Waals surface area contributed by atoms with E-state index in [1.54, 1.807) is 11.8 Å². The predicted octanol–water partition coefficient (Wildman–Crippen LogP) is 11.4. The molecular weight excluding hydrogens is 653 g/mol. The summed E-state index contributed by atoms with van der Waals surface area (Å²) in [7, 11) is 0. The number of thioether (sulfide) groups is 1. The van der Waals surface area contributed by atoms with Crippen LogP contribution in [0.5, 0.6) is 0 Å². The van der Waals surface area contributed by atoms with Gasteiger partial charge in [0, 0.05) is 20.9 Å². The lowest BCUT2D eigenvalue weighted by atomic mass is 9.64. The Morgan fingerprint density at radius 1 is 0.596 bits per heavy atom. The van der Waals surface area contributed by atoms with Gasteiger partial charge >= 0.3 is 0 Å². The molecule has 5 aromatic carbocycles. The van der Waals surface area contributed by atoms with Crippen molar-refractivity contribution in [2.45, 2.75) is 36.0 Å². The van der Waals surface area contributed by atoms with E-state index in [1.165, 1.54) is 43.9 Å². The standard InChI is InChI=1S/C47H32N4S/c48-29-34-17-11-23-40-42(34)52-43-35(20-12-24-41(43)47(40)38-21-9-7-18-36(38)37-19-8-10-22-39(37)47)30-25-27-33(28-26-30)46-50-44(31-13-3-1-4-14-31)49-45(51-46)32-15-5-2-6-16-32/h1-5,7-11,13-15,17-23,25-28H,6,12,16,24H2. The second-order valence-corrected chi connectivity index (χ2v) is 14.6. The molecule has 1 aromatic heterocycles. The average Bonchev–Trinajstić information content (AvgIpc) is 3.52. The molecule has 0 amide bonds. The minimum atomic E-state index is -0.465. The van der Waals surface area contributed by atoms with E-state index in [0.29, 0.717) is 11.6 Å². The van der Waals surface area contributed by atoms with Gasteiger partial charge in [0.15, 0.2) is 17.5 Å². The molecular formula is C47H32N4S. The molecule has 2 heterocycles. The SMILES string of the molecule is N#Cc1cccc2c1SC1=C(CCC=C1c1ccc(-c3nc(C4=CC=CCC4)nc(-c4ccccc4)n3)cc1)C21c2ccccc2-c2ccccc21. The van der Waals surface area contributed by atoms with Crippen molar-refractivity contribution in [1.29, 1.82) is 5.26 Å². The lowest BCUT2D eigenvalue weighted by Gasteiger charge is -2.43. The largest absolute Gasteiger partial charge is 0.209 e. The van der Waals surface area contributed by atoms with E-state index in [0.717, 1.165) is 64.2 Å². The molecule has 5 heteroatoms. The molecule has 4 nitrogen and oxygen atoms in total. The van der Waals surface area contributed by atoms with Gasteiger partial charge in [-0.05, 0) is 81.8 Å². The van der Waals surface area contributed by atoms with Crippen LogP contribution < -0.4 is 0 Å². The second-order valence-electron chi connectivity index (χ2n) is 13.6. The van der Waals surface area contributed by atoms with Crippen molar-refractivity contribution in [3.05, 3.63) is 190 Å². The molecule has 0 radical (unpaired) electrons. The van der Waals surface area contributed by atoms with Gasteiger partial charge in [0.1, 0.15) is 6.07 Å². The fraction of sp³-hybridized carbons (Fsp3) is 0.106. The second kappa shape index (κ2) is 12.3. The lowest BCUT2D eigenvalue weighted by molar-refractivity contribution is 0.673. The fourth-order valence-electron chi connectivity index (χ4n) is 8.55. The first-order chi connectivity index (χ1) is 25.7. The lowest BCUT2D eigenvalue weighted by Crippen LogP contribution is -2.34. The summed E-state index contributed by atoms with van der Waals surface area (Å²) in [5.74, 6) is 2.08. The third-order valence-corrected chi connectivity index (χ3v) is 12.1. The minimum Gasteiger partial charge on any atom is -0.209 e. The van der Waals surface area contributed by atoms with Crippen molar-refractivity contribution in [3.8, 4) is 40.0 Å². The summed E-state index contributed by atoms with van der Waals surface area (Å²) in [5.41, 5.74) is 13.5. The summed E-state index contributed by atoms with van der Waals surface area (Å²) in [5, 5.41) is 10.4. The summed E-state index contributed by atoms with van der Waals surface area (Å²) in [6.45, 7) is 0. The maximum absolute atomic E-state index is 10.4. The molecule has 0 saturated carbocycles. The van der Waals surface area contributed by atoms with Gasteiger partial charge in [0.05, 0.1) is 11.0 Å². The van der Waals surface area contributed by atoms with Gasteiger partial charge in [-0.2, -0.15) is 5.26 Å². The van der Waals surface area contributed by atoms with Crippen LogP contribution >= 0.6 is 11.8 Å². The van der Waals surface area contributed by atoms with Gasteiger partial charge in [-0.3, -0.25) is 0 Å². The monoisotopic (exact) mass is 684 g/mol. The molecule has 10 rings (SSSR count). The highest BCUT2D eigenvalue weighted by Crippen LogP contribution is 2.65. The third kappa shape index (κ3) is 4.65. The molecule has 0 atom stereocenters. The summed E-state index contributed by atoms with van der Waals surface area (Å²) >= 11 is 1.77. The Morgan fingerprint density at radius 2 is 1.23 bits per heavy atom. The van der Waals surface area contributed by atoms with Crippen LogP contribution in [0, 0.1) is 11.3 Å². The topological polar surface area (TPSA) is 62.5 Å². The number of rotatable bonds is 4. The average molecular weight is 685 g/mol. The molecule has 0 saturated heterocycles. The van der Waals surface area contributed by atoms with E-state index in [1.807, 2.05) is 36.4 Å². The number of nitriles is 1. The van der Waals surface area contributed by atoms with Crippen molar-refractivity contribution in [1.82, 2.24) is 15.0 Å². The van der Waals surface area contributed by atoms with E-state index >= 15 is 0 Å².